The second-order valence-electron chi connectivity index (χ2n) is 10.2. The number of ether oxygens (including phenoxy) is 2. The van der Waals surface area contributed by atoms with E-state index in [2.05, 4.69) is 13.8 Å². The maximum atomic E-state index is 13.0. The Kier molecular flexibility index (Phi) is 16.3. The molecule has 4 nitrogen and oxygen atoms in total. The van der Waals surface area contributed by atoms with E-state index in [0.717, 1.165) is 37.7 Å². The van der Waals surface area contributed by atoms with Crippen LogP contribution in [0.4, 0.5) is 0 Å². The zero-order valence-corrected chi connectivity index (χ0v) is 23.4. The topological polar surface area (TPSA) is 55.8 Å². The highest BCUT2D eigenvalue weighted by Crippen LogP contribution is 2.32. The number of hydrogen-bond donors (Lipinski definition) is 1. The molecular formula is C33H50O4. The fourth-order valence-corrected chi connectivity index (χ4v) is 4.64. The molecular weight excluding hydrogens is 460 g/mol. The third-order valence-electron chi connectivity index (χ3n) is 6.95. The van der Waals surface area contributed by atoms with Gasteiger partial charge in [0.1, 0.15) is 11.3 Å². The second-order valence-corrected chi connectivity index (χ2v) is 10.2. The fourth-order valence-electron chi connectivity index (χ4n) is 4.64. The smallest absolute Gasteiger partial charge is 0.347 e. The third kappa shape index (κ3) is 12.5. The van der Waals surface area contributed by atoms with Gasteiger partial charge in [0.05, 0.1) is 6.61 Å². The number of para-hydroxylation sites is 2. The standard InChI is InChI=1S/C33H50O4/c1-3-5-7-9-11-13-15-17-22-28-23-21-26-31(32(28)34)37-33(35)29-24-18-19-25-30(29)36-27-20-16-14-12-10-8-6-4-2/h18-19,21,23-26,34H,3-17,20,22,27H2,1-2H3. The van der Waals surface area contributed by atoms with Gasteiger partial charge in [0.2, 0.25) is 0 Å². The Morgan fingerprint density at radius 2 is 1.19 bits per heavy atom. The largest absolute Gasteiger partial charge is 0.504 e. The molecule has 37 heavy (non-hydrogen) atoms. The molecule has 0 fully saturated rings. The van der Waals surface area contributed by atoms with Gasteiger partial charge in [-0.1, -0.05) is 128 Å². The number of rotatable bonds is 21. The van der Waals surface area contributed by atoms with E-state index >= 15 is 0 Å². The lowest BCUT2D eigenvalue weighted by Gasteiger charge is -2.13. The van der Waals surface area contributed by atoms with Gasteiger partial charge in [0.25, 0.3) is 0 Å². The molecule has 4 heteroatoms. The first-order chi connectivity index (χ1) is 18.2. The summed E-state index contributed by atoms with van der Waals surface area (Å²) in [5, 5.41) is 10.7. The quantitative estimate of drug-likeness (QED) is 0.103. The van der Waals surface area contributed by atoms with Crippen LogP contribution in [0.3, 0.4) is 0 Å². The molecule has 0 radical (unpaired) electrons. The van der Waals surface area contributed by atoms with Crippen molar-refractivity contribution < 1.29 is 19.4 Å². The number of aromatic hydroxyl groups is 1. The van der Waals surface area contributed by atoms with Gasteiger partial charge in [-0.15, -0.1) is 0 Å². The summed E-state index contributed by atoms with van der Waals surface area (Å²) in [5.41, 5.74) is 1.21. The molecule has 0 atom stereocenters. The molecule has 0 aromatic heterocycles. The van der Waals surface area contributed by atoms with E-state index in [1.807, 2.05) is 18.2 Å². The number of unbranched alkanes of at least 4 members (excludes halogenated alkanes) is 14. The van der Waals surface area contributed by atoms with E-state index in [-0.39, 0.29) is 11.5 Å². The van der Waals surface area contributed by atoms with Crippen LogP contribution < -0.4 is 9.47 Å². The minimum absolute atomic E-state index is 0.0659. The Bertz CT molecular complexity index is 876. The number of phenols is 1. The average molecular weight is 511 g/mol. The summed E-state index contributed by atoms with van der Waals surface area (Å²) in [7, 11) is 0. The van der Waals surface area contributed by atoms with E-state index in [0.29, 0.717) is 17.9 Å². The lowest BCUT2D eigenvalue weighted by atomic mass is 10.0. The first kappa shape index (κ1) is 30.7. The zero-order chi connectivity index (χ0) is 26.6. The molecule has 0 heterocycles. The molecule has 0 bridgehead atoms. The minimum Gasteiger partial charge on any atom is -0.504 e. The fraction of sp³-hybridized carbons (Fsp3) is 0.606. The van der Waals surface area contributed by atoms with E-state index < -0.39 is 5.97 Å². The van der Waals surface area contributed by atoms with E-state index in [9.17, 15) is 9.90 Å². The number of carbonyl (C=O) groups is 1. The van der Waals surface area contributed by atoms with Crippen molar-refractivity contribution in [1.82, 2.24) is 0 Å². The van der Waals surface area contributed by atoms with E-state index in [1.54, 1.807) is 24.3 Å². The Morgan fingerprint density at radius 1 is 0.649 bits per heavy atom. The van der Waals surface area contributed by atoms with Crippen LogP contribution in [0.1, 0.15) is 133 Å². The molecule has 0 amide bonds. The Hall–Kier alpha value is -2.49. The van der Waals surface area contributed by atoms with Gasteiger partial charge in [0, 0.05) is 0 Å². The number of esters is 1. The summed E-state index contributed by atoms with van der Waals surface area (Å²) in [6.07, 6.45) is 20.6. The van der Waals surface area contributed by atoms with Crippen LogP contribution >= 0.6 is 0 Å². The Morgan fingerprint density at radius 3 is 1.84 bits per heavy atom. The molecule has 2 aromatic carbocycles. The van der Waals surface area contributed by atoms with Gasteiger partial charge >= 0.3 is 5.97 Å². The van der Waals surface area contributed by atoms with E-state index in [1.165, 1.54) is 77.0 Å². The summed E-state index contributed by atoms with van der Waals surface area (Å²) < 4.78 is 11.6. The monoisotopic (exact) mass is 510 g/mol. The van der Waals surface area contributed by atoms with Crippen molar-refractivity contribution in [2.75, 3.05) is 6.61 Å². The normalized spacial score (nSPS) is 11.0. The second kappa shape index (κ2) is 19.6. The molecule has 0 saturated heterocycles. The Labute approximate surface area is 225 Å². The van der Waals surface area contributed by atoms with Gasteiger partial charge < -0.3 is 14.6 Å². The molecule has 0 spiro atoms. The van der Waals surface area contributed by atoms with Crippen molar-refractivity contribution in [3.05, 3.63) is 53.6 Å². The van der Waals surface area contributed by atoms with Crippen LogP contribution in [-0.4, -0.2) is 17.7 Å². The van der Waals surface area contributed by atoms with Gasteiger partial charge in [-0.2, -0.15) is 0 Å². The van der Waals surface area contributed by atoms with Crippen LogP contribution in [0.5, 0.6) is 17.2 Å². The highest BCUT2D eigenvalue weighted by Gasteiger charge is 2.17. The minimum atomic E-state index is -0.508. The number of benzene rings is 2. The van der Waals surface area contributed by atoms with Crippen molar-refractivity contribution in [3.63, 3.8) is 0 Å². The first-order valence-corrected chi connectivity index (χ1v) is 14.9. The zero-order valence-electron chi connectivity index (χ0n) is 23.4. The van der Waals surface area contributed by atoms with Gasteiger partial charge in [-0.05, 0) is 43.0 Å². The van der Waals surface area contributed by atoms with Crippen LogP contribution in [-0.2, 0) is 6.42 Å². The highest BCUT2D eigenvalue weighted by atomic mass is 16.5. The number of hydrogen-bond acceptors (Lipinski definition) is 4. The molecule has 0 aliphatic heterocycles. The van der Waals surface area contributed by atoms with Crippen LogP contribution in [0, 0.1) is 0 Å². The molecule has 0 saturated carbocycles. The lowest BCUT2D eigenvalue weighted by molar-refractivity contribution is 0.0724. The number of phenolic OH excluding ortho intramolecular Hbond substituents is 1. The Balaban J connectivity index is 1.79. The summed E-state index contributed by atoms with van der Waals surface area (Å²) in [5.74, 6) is 0.298. The third-order valence-corrected chi connectivity index (χ3v) is 6.95. The first-order valence-electron chi connectivity index (χ1n) is 14.9. The number of carbonyl (C=O) groups excluding carboxylic acids is 1. The molecule has 0 unspecified atom stereocenters. The van der Waals surface area contributed by atoms with Crippen molar-refractivity contribution in [3.8, 4) is 17.2 Å². The van der Waals surface area contributed by atoms with Crippen LogP contribution in [0.25, 0.3) is 0 Å². The van der Waals surface area contributed by atoms with Crippen molar-refractivity contribution in [2.24, 2.45) is 0 Å². The summed E-state index contributed by atoms with van der Waals surface area (Å²) in [4.78, 5) is 13.0. The van der Waals surface area contributed by atoms with Gasteiger partial charge in [0.15, 0.2) is 11.5 Å². The van der Waals surface area contributed by atoms with Crippen molar-refractivity contribution >= 4 is 5.97 Å². The lowest BCUT2D eigenvalue weighted by Crippen LogP contribution is -2.11. The number of aryl methyl sites for hydroxylation is 1. The van der Waals surface area contributed by atoms with Gasteiger partial charge in [-0.3, -0.25) is 0 Å². The molecule has 0 aliphatic carbocycles. The van der Waals surface area contributed by atoms with Crippen LogP contribution in [0.2, 0.25) is 0 Å². The highest BCUT2D eigenvalue weighted by molar-refractivity contribution is 5.94. The molecule has 0 aliphatic rings. The summed E-state index contributed by atoms with van der Waals surface area (Å²) >= 11 is 0. The molecule has 2 aromatic rings. The van der Waals surface area contributed by atoms with Crippen molar-refractivity contribution in [2.45, 2.75) is 123 Å². The maximum absolute atomic E-state index is 13.0. The van der Waals surface area contributed by atoms with Gasteiger partial charge in [-0.25, -0.2) is 4.79 Å². The molecule has 1 N–H and O–H groups in total. The summed E-state index contributed by atoms with van der Waals surface area (Å²) in [6, 6.07) is 12.6. The average Bonchev–Trinajstić information content (AvgIpc) is 2.91. The maximum Gasteiger partial charge on any atom is 0.347 e. The van der Waals surface area contributed by atoms with Crippen LogP contribution in [0.15, 0.2) is 42.5 Å². The molecule has 2 rings (SSSR count). The van der Waals surface area contributed by atoms with E-state index in [4.69, 9.17) is 9.47 Å². The SMILES string of the molecule is CCCCCCCCCCOc1ccccc1C(=O)Oc1cccc(CCCCCCCCCC)c1O. The molecule has 206 valence electrons. The van der Waals surface area contributed by atoms with Crippen molar-refractivity contribution in [1.29, 1.82) is 0 Å². The predicted molar refractivity (Wildman–Crippen MR) is 154 cm³/mol. The predicted octanol–water partition coefficient (Wildman–Crippen LogP) is 9.81. The summed E-state index contributed by atoms with van der Waals surface area (Å²) in [6.45, 7) is 5.06.